The molecule has 0 aromatic carbocycles. The Morgan fingerprint density at radius 3 is 1.60 bits per heavy atom. The lowest BCUT2D eigenvalue weighted by Gasteiger charge is -2.41. The van der Waals surface area contributed by atoms with E-state index in [9.17, 15) is 43.5 Å². The molecule has 28 heteroatoms. The number of aliphatic hydroxyl groups excluding tert-OH is 1. The minimum absolute atomic E-state index is 0.0173. The Morgan fingerprint density at radius 1 is 0.574 bits per heavy atom. The first-order chi connectivity index (χ1) is 47.1. The van der Waals surface area contributed by atoms with Crippen LogP contribution in [0.2, 0.25) is 0 Å². The summed E-state index contributed by atoms with van der Waals surface area (Å²) in [5.74, 6) is -9.21. The third kappa shape index (κ3) is 28.4. The molecule has 12 amide bonds. The third-order valence-corrected chi connectivity index (χ3v) is 20.7. The van der Waals surface area contributed by atoms with Crippen LogP contribution in [0.1, 0.15) is 175 Å². The van der Waals surface area contributed by atoms with Crippen LogP contribution in [-0.2, 0) is 57.5 Å². The number of hydrogen-bond donors (Lipinski definition) is 6. The zero-order valence-corrected chi connectivity index (χ0v) is 66.4. The smallest absolute Gasteiger partial charge is 0.246 e. The van der Waals surface area contributed by atoms with E-state index in [0.29, 0.717) is 31.6 Å². The van der Waals surface area contributed by atoms with E-state index < -0.39 is 156 Å². The van der Waals surface area contributed by atoms with Crippen LogP contribution in [0.3, 0.4) is 0 Å². The Kier molecular flexibility index (Phi) is 39.3. The van der Waals surface area contributed by atoms with Crippen molar-refractivity contribution in [3.05, 3.63) is 36.5 Å². The molecule has 1 aromatic rings. The predicted molar refractivity (Wildman–Crippen MR) is 397 cm³/mol. The minimum atomic E-state index is -1.70. The lowest BCUT2D eigenvalue weighted by molar-refractivity contribution is -0.157. The van der Waals surface area contributed by atoms with Crippen molar-refractivity contribution in [1.29, 1.82) is 0 Å². The molecule has 572 valence electrons. The summed E-state index contributed by atoms with van der Waals surface area (Å²) in [6.07, 6.45) is 5.92. The summed E-state index contributed by atoms with van der Waals surface area (Å²) in [6, 6.07) is -7.02. The fourth-order valence-electron chi connectivity index (χ4n) is 12.0. The second-order valence-electron chi connectivity index (χ2n) is 29.6. The second kappa shape index (κ2) is 44.0. The van der Waals surface area contributed by atoms with Crippen molar-refractivity contribution >= 4 is 92.5 Å². The number of likely N-dealkylation sites (N-methyl/N-ethyl adjacent to an activating group) is 7. The van der Waals surface area contributed by atoms with Crippen LogP contribution in [0.15, 0.2) is 41.6 Å². The maximum absolute atomic E-state index is 15.5. The molecular formula is C73H125N13O13S2. The molecule has 1 aliphatic heterocycles. The number of carbonyl (C=O) groups excluding carboxylic acids is 12. The summed E-state index contributed by atoms with van der Waals surface area (Å²) in [7, 11) is 13.0. The fraction of sp³-hybridized carbons (Fsp3) is 0.740. The van der Waals surface area contributed by atoms with Crippen LogP contribution < -0.4 is 26.6 Å². The van der Waals surface area contributed by atoms with Crippen LogP contribution in [0.25, 0.3) is 0 Å². The molecule has 6 N–H and O–H groups in total. The van der Waals surface area contributed by atoms with Gasteiger partial charge in [-0.05, 0) is 136 Å². The first-order valence-corrected chi connectivity index (χ1v) is 38.3. The maximum atomic E-state index is 15.5. The summed E-state index contributed by atoms with van der Waals surface area (Å²) < 4.78 is 0. The van der Waals surface area contributed by atoms with Gasteiger partial charge in [-0.1, -0.05) is 126 Å². The number of hydrogen-bond acceptors (Lipinski definition) is 16. The SMILES string of the molecule is CC[C@@H]1NC(=O)[C@H]([C@H](O)[C@H](C)C/C=C/CCC(=O)NCCSSc2ccccn2)N(C)C(=O)[C@H](C(C)C)N(C)C(=O)[C@H](CCC(C)C)N(C)C(=O)[C@H](CCC(C)C)N(C)C(=O)[C@@H](C)NC(=O)[C@H](C)NC(=O)[C@H](CC(C)C)N(C)C(=O)C(C(C)C)NC(=O)[C@H](CC(C)C)N(C)C(=O)CN(C)C1=O. The lowest BCUT2D eigenvalue weighted by atomic mass is 9.91. The van der Waals surface area contributed by atoms with E-state index in [1.807, 2.05) is 73.6 Å². The van der Waals surface area contributed by atoms with Gasteiger partial charge < -0.3 is 66.0 Å². The normalized spacial score (nSPS) is 24.4. The molecule has 0 radical (unpaired) electrons. The number of rotatable bonds is 25. The largest absolute Gasteiger partial charge is 0.390 e. The Balaban J connectivity index is 2.90. The Hall–Kier alpha value is -6.81. The first-order valence-electron chi connectivity index (χ1n) is 36.0. The van der Waals surface area contributed by atoms with Gasteiger partial charge >= 0.3 is 0 Å². The van der Waals surface area contributed by atoms with E-state index in [0.717, 1.165) is 14.8 Å². The molecule has 12 atom stereocenters. The minimum Gasteiger partial charge on any atom is -0.390 e. The van der Waals surface area contributed by atoms with Gasteiger partial charge in [0.2, 0.25) is 70.9 Å². The van der Waals surface area contributed by atoms with Crippen LogP contribution >= 0.6 is 21.6 Å². The summed E-state index contributed by atoms with van der Waals surface area (Å²) in [4.78, 5) is 188. The molecule has 0 saturated carbocycles. The van der Waals surface area contributed by atoms with E-state index in [-0.39, 0.29) is 74.5 Å². The Bertz CT molecular complexity index is 2920. The second-order valence-corrected chi connectivity index (χ2v) is 32.1. The van der Waals surface area contributed by atoms with Crippen molar-refractivity contribution in [3.8, 4) is 0 Å². The number of aliphatic hydroxyl groups is 1. The van der Waals surface area contributed by atoms with Crippen LogP contribution in [0.4, 0.5) is 0 Å². The van der Waals surface area contributed by atoms with Crippen LogP contribution in [0.5, 0.6) is 0 Å². The van der Waals surface area contributed by atoms with Gasteiger partial charge in [0.25, 0.3) is 0 Å². The third-order valence-electron chi connectivity index (χ3n) is 18.5. The molecule has 1 aliphatic rings. The zero-order chi connectivity index (χ0) is 77.0. The number of nitrogens with one attached hydrogen (secondary N) is 5. The molecule has 26 nitrogen and oxygen atoms in total. The van der Waals surface area contributed by atoms with Crippen molar-refractivity contribution in [2.45, 2.75) is 247 Å². The summed E-state index contributed by atoms with van der Waals surface area (Å²) >= 11 is 0. The number of amides is 12. The van der Waals surface area contributed by atoms with Crippen molar-refractivity contribution < 1.29 is 62.6 Å². The molecule has 1 unspecified atom stereocenters. The fourth-order valence-corrected chi connectivity index (χ4v) is 13.8. The van der Waals surface area contributed by atoms with E-state index in [4.69, 9.17) is 0 Å². The Labute approximate surface area is 610 Å². The van der Waals surface area contributed by atoms with Gasteiger partial charge in [-0.3, -0.25) is 57.5 Å². The summed E-state index contributed by atoms with van der Waals surface area (Å²) in [5, 5.41) is 27.3. The highest BCUT2D eigenvalue weighted by Crippen LogP contribution is 2.29. The standard InChI is InChI=1S/C73H125N13O13S2/c1-24-52-69(95)80(17)42-59(88)81(18)55(40-45(6)7)66(92)79-60(47(10)11)72(98)84(21)56(41-46(8)9)65(91)76-50(15)64(90)77-51(16)68(94)82(19)53(35-33-43(2)3)70(96)83(20)54(36-34-44(4)5)71(97)85(22)61(48(12)13)73(99)86(23)62(67(93)78-52)63(89)49(14)30-26-25-27-31-57(87)74-38-39-100-101-58-32-28-29-37-75-58/h25-26,28-29,32,37,43-56,60-63,89H,24,27,30-31,33-36,38-42H2,1-23H3,(H,74,87)(H,76,91)(H,77,90)(H,78,93)(H,79,92)/b26-25+/t49-,50+,51-,52+,53+,54+,55+,56+,60?,61+,62+,63-/m1/s1. The van der Waals surface area contributed by atoms with Crippen molar-refractivity contribution in [2.75, 3.05) is 68.2 Å². The molecule has 0 spiro atoms. The van der Waals surface area contributed by atoms with E-state index >= 15 is 19.2 Å². The maximum Gasteiger partial charge on any atom is 0.246 e. The lowest BCUT2D eigenvalue weighted by Crippen LogP contribution is -2.63. The monoisotopic (exact) mass is 1460 g/mol. The number of pyridine rings is 1. The van der Waals surface area contributed by atoms with Gasteiger partial charge in [-0.15, -0.1) is 0 Å². The number of aromatic nitrogens is 1. The number of carbonyl (C=O) groups is 12. The molecule has 101 heavy (non-hydrogen) atoms. The molecule has 2 rings (SSSR count). The molecular weight excluding hydrogens is 1330 g/mol. The molecule has 2 heterocycles. The zero-order valence-electron chi connectivity index (χ0n) is 64.8. The van der Waals surface area contributed by atoms with Crippen LogP contribution in [0, 0.1) is 41.4 Å². The molecule has 0 aliphatic carbocycles. The number of allylic oxidation sites excluding steroid dienone is 2. The summed E-state index contributed by atoms with van der Waals surface area (Å²) in [6.45, 7) is 28.3. The summed E-state index contributed by atoms with van der Waals surface area (Å²) in [5.41, 5.74) is 0. The van der Waals surface area contributed by atoms with Gasteiger partial charge in [0.05, 0.1) is 12.6 Å². The highest BCUT2D eigenvalue weighted by molar-refractivity contribution is 8.76. The Morgan fingerprint density at radius 2 is 1.09 bits per heavy atom. The molecule has 1 aromatic heterocycles. The van der Waals surface area contributed by atoms with Gasteiger partial charge in [0.15, 0.2) is 0 Å². The molecule has 0 bridgehead atoms. The number of nitrogens with zero attached hydrogens (tertiary/aromatic N) is 8. The van der Waals surface area contributed by atoms with Crippen molar-refractivity contribution in [2.24, 2.45) is 41.4 Å². The van der Waals surface area contributed by atoms with Crippen LogP contribution in [-0.4, -0.2) is 250 Å². The van der Waals surface area contributed by atoms with Gasteiger partial charge in [0.1, 0.15) is 65.4 Å². The topological polar surface area (TPSA) is 321 Å². The highest BCUT2D eigenvalue weighted by atomic mass is 33.1. The quantitative estimate of drug-likeness (QED) is 0.0385. The predicted octanol–water partition coefficient (Wildman–Crippen LogP) is 5.76. The molecule has 1 fully saturated rings. The van der Waals surface area contributed by atoms with E-state index in [2.05, 4.69) is 31.6 Å². The van der Waals surface area contributed by atoms with Crippen molar-refractivity contribution in [3.63, 3.8) is 0 Å². The van der Waals surface area contributed by atoms with E-state index in [1.54, 1.807) is 70.7 Å². The highest BCUT2D eigenvalue weighted by Gasteiger charge is 2.46. The average molecular weight is 1460 g/mol. The van der Waals surface area contributed by atoms with Gasteiger partial charge in [-0.2, -0.15) is 0 Å². The van der Waals surface area contributed by atoms with Gasteiger partial charge in [-0.25, -0.2) is 4.98 Å². The first kappa shape index (κ1) is 90.3. The van der Waals surface area contributed by atoms with Crippen molar-refractivity contribution in [1.82, 2.24) is 65.9 Å². The average Bonchev–Trinajstić information content (AvgIpc) is 0.800. The molecule has 1 saturated heterocycles. The van der Waals surface area contributed by atoms with Gasteiger partial charge in [0, 0.05) is 74.2 Å². The van der Waals surface area contributed by atoms with E-state index in [1.165, 1.54) is 98.5 Å².